The summed E-state index contributed by atoms with van der Waals surface area (Å²) in [6, 6.07) is 21.2. The van der Waals surface area contributed by atoms with Crippen LogP contribution < -0.4 is 4.74 Å². The molecule has 0 spiro atoms. The fraction of sp³-hybridized carbons (Fsp3) is 0.0870. The largest absolute Gasteiger partial charge is 0.489 e. The molecule has 0 bridgehead atoms. The average Bonchev–Trinajstić information content (AvgIpc) is 3.12. The van der Waals surface area contributed by atoms with Crippen molar-refractivity contribution in [1.29, 1.82) is 0 Å². The van der Waals surface area contributed by atoms with Crippen LogP contribution in [0.4, 0.5) is 5.88 Å². The number of nitro groups is 1. The molecule has 0 aliphatic heterocycles. The molecule has 30 heavy (non-hydrogen) atoms. The molecule has 0 fully saturated rings. The van der Waals surface area contributed by atoms with Crippen molar-refractivity contribution in [1.82, 2.24) is 0 Å². The molecule has 4 rings (SSSR count). The monoisotopic (exact) mass is 403 g/mol. The zero-order chi connectivity index (χ0) is 21.1. The van der Waals surface area contributed by atoms with Crippen LogP contribution in [0.1, 0.15) is 11.1 Å². The van der Waals surface area contributed by atoms with Gasteiger partial charge in [0.2, 0.25) is 0 Å². The lowest BCUT2D eigenvalue weighted by molar-refractivity contribution is -0.400. The third-order valence-electron chi connectivity index (χ3n) is 4.67. The summed E-state index contributed by atoms with van der Waals surface area (Å²) in [6.07, 6.45) is -0.138. The second-order valence-electron chi connectivity index (χ2n) is 6.70. The summed E-state index contributed by atoms with van der Waals surface area (Å²) in [5.41, 5.74) is 2.88. The van der Waals surface area contributed by atoms with E-state index in [0.717, 1.165) is 5.56 Å². The number of furan rings is 1. The van der Waals surface area contributed by atoms with E-state index in [1.807, 2.05) is 18.2 Å². The quantitative estimate of drug-likeness (QED) is 0.335. The third kappa shape index (κ3) is 3.86. The Morgan fingerprint density at radius 1 is 1.03 bits per heavy atom. The standard InChI is InChI=1S/C23H17NO6/c25-21(26)13-17-8-4-5-9-19(17)29-14-15-10-11-20-18(12-15)22(23(30-20)24(27)28)16-6-2-1-3-7-16/h1-12H,13-14H2,(H,25,26). The first kappa shape index (κ1) is 19.2. The normalized spacial score (nSPS) is 10.8. The Morgan fingerprint density at radius 2 is 1.77 bits per heavy atom. The van der Waals surface area contributed by atoms with Gasteiger partial charge in [0.05, 0.1) is 6.42 Å². The molecule has 0 saturated heterocycles. The van der Waals surface area contributed by atoms with Crippen LogP contribution >= 0.6 is 0 Å². The van der Waals surface area contributed by atoms with Gasteiger partial charge >= 0.3 is 11.9 Å². The molecule has 0 saturated carbocycles. The molecule has 1 aromatic heterocycles. The number of aliphatic carboxylic acids is 1. The van der Waals surface area contributed by atoms with Crippen LogP contribution in [0.5, 0.6) is 5.75 Å². The lowest BCUT2D eigenvalue weighted by Crippen LogP contribution is -2.04. The predicted octanol–water partition coefficient (Wildman–Crippen LogP) is 5.21. The van der Waals surface area contributed by atoms with Crippen molar-refractivity contribution in [2.45, 2.75) is 13.0 Å². The van der Waals surface area contributed by atoms with Crippen LogP contribution in [0.3, 0.4) is 0 Å². The van der Waals surface area contributed by atoms with Gasteiger partial charge in [-0.2, -0.15) is 0 Å². The molecule has 7 nitrogen and oxygen atoms in total. The Morgan fingerprint density at radius 3 is 2.50 bits per heavy atom. The zero-order valence-electron chi connectivity index (χ0n) is 15.8. The Bertz CT molecular complexity index is 1230. The number of fused-ring (bicyclic) bond motifs is 1. The van der Waals surface area contributed by atoms with Crippen molar-refractivity contribution in [3.8, 4) is 16.9 Å². The lowest BCUT2D eigenvalue weighted by atomic mass is 10.0. The van der Waals surface area contributed by atoms with E-state index in [0.29, 0.717) is 33.4 Å². The number of carboxylic acid groups (broad SMARTS) is 1. The summed E-state index contributed by atoms with van der Waals surface area (Å²) >= 11 is 0. The highest BCUT2D eigenvalue weighted by Crippen LogP contribution is 2.40. The number of hydrogen-bond acceptors (Lipinski definition) is 5. The first-order valence-corrected chi connectivity index (χ1v) is 9.20. The van der Waals surface area contributed by atoms with Crippen molar-refractivity contribution in [3.05, 3.63) is 94.0 Å². The maximum atomic E-state index is 11.5. The van der Waals surface area contributed by atoms with Gasteiger partial charge in [-0.15, -0.1) is 0 Å². The summed E-state index contributed by atoms with van der Waals surface area (Å²) in [4.78, 5) is 22.0. The Labute approximate surface area is 171 Å². The molecular weight excluding hydrogens is 386 g/mol. The highest BCUT2D eigenvalue weighted by atomic mass is 16.6. The van der Waals surface area contributed by atoms with Gasteiger partial charge in [-0.1, -0.05) is 54.6 Å². The molecule has 3 aromatic carbocycles. The maximum Gasteiger partial charge on any atom is 0.442 e. The minimum absolute atomic E-state index is 0.138. The third-order valence-corrected chi connectivity index (χ3v) is 4.67. The number of benzene rings is 3. The molecule has 150 valence electrons. The number of rotatable bonds is 7. The minimum atomic E-state index is -0.939. The molecule has 0 amide bonds. The summed E-state index contributed by atoms with van der Waals surface area (Å²) in [6.45, 7) is 0.180. The van der Waals surface area contributed by atoms with E-state index in [-0.39, 0.29) is 18.9 Å². The van der Waals surface area contributed by atoms with E-state index in [2.05, 4.69) is 0 Å². The van der Waals surface area contributed by atoms with E-state index in [1.54, 1.807) is 54.6 Å². The molecule has 7 heteroatoms. The Balaban J connectivity index is 1.69. The van der Waals surface area contributed by atoms with Crippen molar-refractivity contribution in [3.63, 3.8) is 0 Å². The first-order valence-electron chi connectivity index (χ1n) is 9.20. The van der Waals surface area contributed by atoms with E-state index in [4.69, 9.17) is 14.3 Å². The van der Waals surface area contributed by atoms with Gasteiger partial charge in [0.1, 0.15) is 28.4 Å². The van der Waals surface area contributed by atoms with Crippen molar-refractivity contribution in [2.24, 2.45) is 0 Å². The summed E-state index contributed by atoms with van der Waals surface area (Å²) in [7, 11) is 0. The second kappa shape index (κ2) is 8.08. The minimum Gasteiger partial charge on any atom is -0.489 e. The molecule has 1 heterocycles. The van der Waals surface area contributed by atoms with E-state index in [1.165, 1.54) is 0 Å². The highest BCUT2D eigenvalue weighted by Gasteiger charge is 2.25. The second-order valence-corrected chi connectivity index (χ2v) is 6.70. The number of carboxylic acids is 1. The van der Waals surface area contributed by atoms with Crippen LogP contribution in [0.25, 0.3) is 22.1 Å². The molecule has 0 radical (unpaired) electrons. The number of para-hydroxylation sites is 1. The smallest absolute Gasteiger partial charge is 0.442 e. The highest BCUT2D eigenvalue weighted by molar-refractivity contribution is 5.98. The average molecular weight is 403 g/mol. The predicted molar refractivity (Wildman–Crippen MR) is 110 cm³/mol. The number of hydrogen-bond donors (Lipinski definition) is 1. The van der Waals surface area contributed by atoms with Crippen LogP contribution in [-0.4, -0.2) is 16.0 Å². The van der Waals surface area contributed by atoms with Crippen LogP contribution in [0.2, 0.25) is 0 Å². The number of ether oxygens (including phenoxy) is 1. The van der Waals surface area contributed by atoms with Crippen molar-refractivity contribution < 1.29 is 24.0 Å². The van der Waals surface area contributed by atoms with Gasteiger partial charge in [0.15, 0.2) is 0 Å². The molecule has 0 atom stereocenters. The molecular formula is C23H17NO6. The SMILES string of the molecule is O=C(O)Cc1ccccc1OCc1ccc2oc([N+](=O)[O-])c(-c3ccccc3)c2c1. The van der Waals surface area contributed by atoms with Gasteiger partial charge in [-0.25, -0.2) is 0 Å². The van der Waals surface area contributed by atoms with Crippen LogP contribution in [0, 0.1) is 10.1 Å². The van der Waals surface area contributed by atoms with Gasteiger partial charge in [-0.3, -0.25) is 14.9 Å². The number of nitrogens with zero attached hydrogens (tertiary/aromatic N) is 1. The summed E-state index contributed by atoms with van der Waals surface area (Å²) in [5, 5.41) is 21.2. The molecule has 0 aliphatic rings. The van der Waals surface area contributed by atoms with Gasteiger partial charge < -0.3 is 14.3 Å². The lowest BCUT2D eigenvalue weighted by Gasteiger charge is -2.10. The number of carbonyl (C=O) groups is 1. The van der Waals surface area contributed by atoms with E-state index in [9.17, 15) is 14.9 Å². The van der Waals surface area contributed by atoms with Gasteiger partial charge in [0, 0.05) is 10.9 Å². The van der Waals surface area contributed by atoms with Crippen LogP contribution in [0.15, 0.2) is 77.2 Å². The molecule has 1 N–H and O–H groups in total. The van der Waals surface area contributed by atoms with E-state index < -0.39 is 10.9 Å². The van der Waals surface area contributed by atoms with Crippen molar-refractivity contribution >= 4 is 22.8 Å². The zero-order valence-corrected chi connectivity index (χ0v) is 15.8. The Kier molecular flexibility index (Phi) is 5.17. The fourth-order valence-electron chi connectivity index (χ4n) is 3.35. The summed E-state index contributed by atoms with van der Waals surface area (Å²) in [5.74, 6) is -0.756. The van der Waals surface area contributed by atoms with Gasteiger partial charge in [0.25, 0.3) is 0 Å². The molecule has 0 unspecified atom stereocenters. The first-order chi connectivity index (χ1) is 14.5. The van der Waals surface area contributed by atoms with Crippen molar-refractivity contribution in [2.75, 3.05) is 0 Å². The van der Waals surface area contributed by atoms with Gasteiger partial charge in [-0.05, 0) is 29.3 Å². The maximum absolute atomic E-state index is 11.5. The Hall–Kier alpha value is -4.13. The molecule has 0 aliphatic carbocycles. The van der Waals surface area contributed by atoms with E-state index >= 15 is 0 Å². The molecule has 4 aromatic rings. The topological polar surface area (TPSA) is 103 Å². The summed E-state index contributed by atoms with van der Waals surface area (Å²) < 4.78 is 11.3. The van der Waals surface area contributed by atoms with Crippen LogP contribution in [-0.2, 0) is 17.8 Å². The fourth-order valence-corrected chi connectivity index (χ4v) is 3.35.